The molecular formula is C4H3FO2. The quantitative estimate of drug-likeness (QED) is 0.280. The SMILES string of the molecule is C=C(F)C#COO. The van der Waals surface area contributed by atoms with Gasteiger partial charge in [0, 0.05) is 5.92 Å². The summed E-state index contributed by atoms with van der Waals surface area (Å²) in [5, 5.41) is 7.43. The summed E-state index contributed by atoms with van der Waals surface area (Å²) in [5.74, 6) is 0.873. The van der Waals surface area contributed by atoms with Gasteiger partial charge in [0.1, 0.15) is 0 Å². The van der Waals surface area contributed by atoms with Gasteiger partial charge in [-0.1, -0.05) is 6.58 Å². The molecule has 0 unspecified atom stereocenters. The maximum Gasteiger partial charge on any atom is 0.169 e. The Morgan fingerprint density at radius 3 is 2.57 bits per heavy atom. The van der Waals surface area contributed by atoms with E-state index in [0.717, 1.165) is 0 Å². The van der Waals surface area contributed by atoms with Crippen LogP contribution in [0.2, 0.25) is 0 Å². The Hall–Kier alpha value is -1.01. The molecule has 0 heterocycles. The summed E-state index contributed by atoms with van der Waals surface area (Å²) < 4.78 is 11.3. The minimum absolute atomic E-state index is 0.839. The molecule has 0 bridgehead atoms. The van der Waals surface area contributed by atoms with E-state index in [-0.39, 0.29) is 0 Å². The van der Waals surface area contributed by atoms with E-state index in [2.05, 4.69) is 11.5 Å². The number of rotatable bonds is 0. The van der Waals surface area contributed by atoms with Crippen LogP contribution in [0.25, 0.3) is 0 Å². The highest BCUT2D eigenvalue weighted by molar-refractivity contribution is 5.15. The molecule has 0 amide bonds. The molecule has 0 aromatic rings. The molecule has 0 saturated heterocycles. The summed E-state index contributed by atoms with van der Waals surface area (Å²) in [4.78, 5) is 3.19. The predicted octanol–water partition coefficient (Wildman–Crippen LogP) is 0.920. The third kappa shape index (κ3) is 4.99. The Labute approximate surface area is 40.1 Å². The first-order chi connectivity index (χ1) is 3.27. The van der Waals surface area contributed by atoms with Gasteiger partial charge in [0.15, 0.2) is 11.9 Å². The highest BCUT2D eigenvalue weighted by Gasteiger charge is 1.72. The molecule has 0 aliphatic heterocycles. The molecule has 7 heavy (non-hydrogen) atoms. The van der Waals surface area contributed by atoms with Gasteiger partial charge in [0.05, 0.1) is 0 Å². The summed E-state index contributed by atoms with van der Waals surface area (Å²) in [6.45, 7) is 2.76. The van der Waals surface area contributed by atoms with Crippen molar-refractivity contribution in [2.24, 2.45) is 0 Å². The van der Waals surface area contributed by atoms with E-state index in [0.29, 0.717) is 0 Å². The van der Waals surface area contributed by atoms with Crippen molar-refractivity contribution in [1.82, 2.24) is 0 Å². The van der Waals surface area contributed by atoms with Gasteiger partial charge in [-0.2, -0.15) is 9.65 Å². The standard InChI is InChI=1S/C4H3FO2/c1-4(5)2-3-7-6/h6H,1H2. The lowest BCUT2D eigenvalue weighted by Gasteiger charge is -1.70. The Morgan fingerprint density at radius 2 is 2.43 bits per heavy atom. The molecule has 0 fully saturated rings. The lowest BCUT2D eigenvalue weighted by Crippen LogP contribution is -1.65. The minimum Gasteiger partial charge on any atom is -0.285 e. The first-order valence-electron chi connectivity index (χ1n) is 1.43. The smallest absolute Gasteiger partial charge is 0.169 e. The van der Waals surface area contributed by atoms with Crippen molar-refractivity contribution in [2.45, 2.75) is 0 Å². The summed E-state index contributed by atoms with van der Waals surface area (Å²) >= 11 is 0. The average molecular weight is 102 g/mol. The Morgan fingerprint density at radius 1 is 1.86 bits per heavy atom. The fourth-order valence-corrected chi connectivity index (χ4v) is 0.0782. The molecule has 0 saturated carbocycles. The van der Waals surface area contributed by atoms with Crippen LogP contribution < -0.4 is 0 Å². The van der Waals surface area contributed by atoms with Crippen molar-refractivity contribution in [3.8, 4) is 12.0 Å². The van der Waals surface area contributed by atoms with Gasteiger partial charge in [0.2, 0.25) is 0 Å². The monoisotopic (exact) mass is 102 g/mol. The zero-order chi connectivity index (χ0) is 5.70. The molecule has 3 heteroatoms. The average Bonchev–Trinajstić information content (AvgIpc) is 1.61. The summed E-state index contributed by atoms with van der Waals surface area (Å²) in [7, 11) is 0. The van der Waals surface area contributed by atoms with Crippen LogP contribution in [0.15, 0.2) is 12.4 Å². The highest BCUT2D eigenvalue weighted by Crippen LogP contribution is 1.83. The Bertz CT molecular complexity index is 119. The van der Waals surface area contributed by atoms with Gasteiger partial charge >= 0.3 is 0 Å². The first kappa shape index (κ1) is 5.99. The topological polar surface area (TPSA) is 29.5 Å². The summed E-state index contributed by atoms with van der Waals surface area (Å²) in [6, 6.07) is 0. The number of hydrogen-bond acceptors (Lipinski definition) is 2. The van der Waals surface area contributed by atoms with Crippen molar-refractivity contribution in [3.05, 3.63) is 12.4 Å². The van der Waals surface area contributed by atoms with E-state index >= 15 is 0 Å². The van der Waals surface area contributed by atoms with Crippen molar-refractivity contribution < 1.29 is 14.5 Å². The van der Waals surface area contributed by atoms with E-state index in [4.69, 9.17) is 5.26 Å². The second-order valence-electron chi connectivity index (χ2n) is 0.723. The molecule has 38 valence electrons. The van der Waals surface area contributed by atoms with Crippen molar-refractivity contribution in [2.75, 3.05) is 0 Å². The van der Waals surface area contributed by atoms with E-state index < -0.39 is 5.83 Å². The molecule has 0 aliphatic rings. The molecule has 0 aromatic heterocycles. The Balaban J connectivity index is 3.45. The lowest BCUT2D eigenvalue weighted by atomic mass is 10.6. The Kier molecular flexibility index (Phi) is 2.73. The fourth-order valence-electron chi connectivity index (χ4n) is 0.0782. The van der Waals surface area contributed by atoms with Gasteiger partial charge in [-0.3, -0.25) is 4.89 Å². The lowest BCUT2D eigenvalue weighted by molar-refractivity contribution is -0.171. The minimum atomic E-state index is -0.839. The van der Waals surface area contributed by atoms with Crippen LogP contribution in [0.4, 0.5) is 4.39 Å². The second-order valence-corrected chi connectivity index (χ2v) is 0.723. The zero-order valence-corrected chi connectivity index (χ0v) is 3.44. The van der Waals surface area contributed by atoms with Crippen LogP contribution in [0, 0.1) is 12.0 Å². The van der Waals surface area contributed by atoms with Crippen molar-refractivity contribution in [1.29, 1.82) is 0 Å². The fraction of sp³-hybridized carbons (Fsp3) is 0. The molecule has 1 N–H and O–H groups in total. The van der Waals surface area contributed by atoms with Crippen LogP contribution >= 0.6 is 0 Å². The van der Waals surface area contributed by atoms with Crippen molar-refractivity contribution in [3.63, 3.8) is 0 Å². The van der Waals surface area contributed by atoms with Crippen molar-refractivity contribution >= 4 is 0 Å². The molecule has 0 radical (unpaired) electrons. The van der Waals surface area contributed by atoms with E-state index in [9.17, 15) is 4.39 Å². The molecule has 0 aliphatic carbocycles. The van der Waals surface area contributed by atoms with Gasteiger partial charge in [-0.25, -0.2) is 0 Å². The molecular weight excluding hydrogens is 99.0 g/mol. The molecule has 0 spiro atoms. The van der Waals surface area contributed by atoms with Crippen LogP contribution in [-0.2, 0) is 4.89 Å². The highest BCUT2D eigenvalue weighted by atomic mass is 19.1. The zero-order valence-electron chi connectivity index (χ0n) is 3.44. The molecule has 0 atom stereocenters. The third-order valence-corrected chi connectivity index (χ3v) is 0.232. The second kappa shape index (κ2) is 3.19. The number of halogens is 1. The summed E-state index contributed by atoms with van der Waals surface area (Å²) in [5.41, 5.74) is 0. The van der Waals surface area contributed by atoms with Gasteiger partial charge in [-0.15, -0.1) is 0 Å². The van der Waals surface area contributed by atoms with E-state index in [1.165, 1.54) is 0 Å². The largest absolute Gasteiger partial charge is 0.285 e. The predicted molar refractivity (Wildman–Crippen MR) is 21.7 cm³/mol. The first-order valence-corrected chi connectivity index (χ1v) is 1.43. The maximum absolute atomic E-state index is 11.3. The van der Waals surface area contributed by atoms with E-state index in [1.54, 1.807) is 12.0 Å². The van der Waals surface area contributed by atoms with Gasteiger partial charge in [-0.05, 0) is 0 Å². The molecule has 0 aromatic carbocycles. The third-order valence-electron chi connectivity index (χ3n) is 0.232. The van der Waals surface area contributed by atoms with Crippen LogP contribution in [0.3, 0.4) is 0 Å². The number of allylic oxidation sites excluding steroid dienone is 1. The molecule has 2 nitrogen and oxygen atoms in total. The van der Waals surface area contributed by atoms with Gasteiger partial charge in [0.25, 0.3) is 0 Å². The van der Waals surface area contributed by atoms with Crippen LogP contribution in [0.1, 0.15) is 0 Å². The normalized spacial score (nSPS) is 6.00. The maximum atomic E-state index is 11.3. The van der Waals surface area contributed by atoms with E-state index in [1.807, 2.05) is 0 Å². The van der Waals surface area contributed by atoms with Crippen LogP contribution in [-0.4, -0.2) is 5.26 Å². The summed E-state index contributed by atoms with van der Waals surface area (Å²) in [6.07, 6.45) is 1.58. The van der Waals surface area contributed by atoms with Gasteiger partial charge < -0.3 is 0 Å². The number of hydrogen-bond donors (Lipinski definition) is 1. The molecule has 0 rings (SSSR count). The van der Waals surface area contributed by atoms with Crippen LogP contribution in [0.5, 0.6) is 0 Å².